The molecule has 5 nitrogen and oxygen atoms in total. The molecule has 1 aromatic rings. The van der Waals surface area contributed by atoms with E-state index in [9.17, 15) is 14.3 Å². The molecule has 0 bridgehead atoms. The van der Waals surface area contributed by atoms with Crippen molar-refractivity contribution in [2.45, 2.75) is 38.2 Å². The summed E-state index contributed by atoms with van der Waals surface area (Å²) >= 11 is 0. The van der Waals surface area contributed by atoms with Crippen LogP contribution in [0.15, 0.2) is 24.3 Å². The third-order valence-corrected chi connectivity index (χ3v) is 4.93. The average Bonchev–Trinajstić information content (AvgIpc) is 2.52. The predicted octanol–water partition coefficient (Wildman–Crippen LogP) is 2.54. The molecule has 24 heavy (non-hydrogen) atoms. The minimum Gasteiger partial charge on any atom is -0.385 e. The van der Waals surface area contributed by atoms with E-state index in [1.165, 1.54) is 30.7 Å². The first-order valence-electron chi connectivity index (χ1n) is 8.36. The number of methoxy groups -OCH3 is 1. The van der Waals surface area contributed by atoms with Gasteiger partial charge in [0.1, 0.15) is 11.4 Å². The maximum absolute atomic E-state index is 13.0. The SMILES string of the molecule is COCCC1(CNC(=O)NCC(C)(O)c2ccc(F)cc2)CCC1. The van der Waals surface area contributed by atoms with E-state index in [1.54, 1.807) is 14.0 Å². The summed E-state index contributed by atoms with van der Waals surface area (Å²) in [7, 11) is 1.68. The lowest BCUT2D eigenvalue weighted by atomic mass is 9.67. The minimum absolute atomic E-state index is 0.0511. The van der Waals surface area contributed by atoms with Gasteiger partial charge in [0.15, 0.2) is 0 Å². The molecule has 1 aromatic carbocycles. The van der Waals surface area contributed by atoms with Gasteiger partial charge >= 0.3 is 6.03 Å². The van der Waals surface area contributed by atoms with Gasteiger partial charge in [-0.25, -0.2) is 9.18 Å². The van der Waals surface area contributed by atoms with Crippen LogP contribution in [0.2, 0.25) is 0 Å². The van der Waals surface area contributed by atoms with Gasteiger partial charge in [-0.05, 0) is 49.3 Å². The summed E-state index contributed by atoms with van der Waals surface area (Å²) in [5, 5.41) is 16.0. The minimum atomic E-state index is -1.25. The highest BCUT2D eigenvalue weighted by Crippen LogP contribution is 2.43. The zero-order chi connectivity index (χ0) is 17.6. The van der Waals surface area contributed by atoms with Gasteiger partial charge in [-0.2, -0.15) is 0 Å². The largest absolute Gasteiger partial charge is 0.385 e. The Morgan fingerprint density at radius 1 is 1.33 bits per heavy atom. The maximum atomic E-state index is 13.0. The number of carbonyl (C=O) groups is 1. The fourth-order valence-electron chi connectivity index (χ4n) is 3.00. The van der Waals surface area contributed by atoms with Gasteiger partial charge in [-0.3, -0.25) is 0 Å². The average molecular weight is 338 g/mol. The number of ether oxygens (including phenoxy) is 1. The van der Waals surface area contributed by atoms with Crippen LogP contribution in [-0.2, 0) is 10.3 Å². The first kappa shape index (κ1) is 18.7. The van der Waals surface area contributed by atoms with Crippen molar-refractivity contribution in [1.82, 2.24) is 10.6 Å². The van der Waals surface area contributed by atoms with Crippen molar-refractivity contribution in [3.05, 3.63) is 35.6 Å². The van der Waals surface area contributed by atoms with Crippen molar-refractivity contribution in [2.24, 2.45) is 5.41 Å². The molecule has 0 heterocycles. The Balaban J connectivity index is 1.79. The van der Waals surface area contributed by atoms with Gasteiger partial charge in [-0.1, -0.05) is 18.6 Å². The van der Waals surface area contributed by atoms with Crippen molar-refractivity contribution in [3.8, 4) is 0 Å². The summed E-state index contributed by atoms with van der Waals surface area (Å²) in [4.78, 5) is 12.0. The molecule has 0 aliphatic heterocycles. The summed E-state index contributed by atoms with van der Waals surface area (Å²) in [6, 6.07) is 5.31. The number of halogens is 1. The van der Waals surface area contributed by atoms with Crippen LogP contribution in [0.5, 0.6) is 0 Å². The number of nitrogens with one attached hydrogen (secondary N) is 2. The Kier molecular flexibility index (Phi) is 6.18. The highest BCUT2D eigenvalue weighted by molar-refractivity contribution is 5.74. The topological polar surface area (TPSA) is 70.6 Å². The number of hydrogen-bond acceptors (Lipinski definition) is 3. The van der Waals surface area contributed by atoms with Crippen LogP contribution in [0.1, 0.15) is 38.2 Å². The second kappa shape index (κ2) is 7.94. The Labute approximate surface area is 142 Å². The molecule has 1 unspecified atom stereocenters. The number of carbonyl (C=O) groups excluding carboxylic acids is 1. The molecule has 0 spiro atoms. The molecular weight excluding hydrogens is 311 g/mol. The quantitative estimate of drug-likeness (QED) is 0.682. The van der Waals surface area contributed by atoms with E-state index in [4.69, 9.17) is 4.74 Å². The fourth-order valence-corrected chi connectivity index (χ4v) is 3.00. The van der Waals surface area contributed by atoms with Crippen molar-refractivity contribution >= 4 is 6.03 Å². The molecule has 1 atom stereocenters. The zero-order valence-electron chi connectivity index (χ0n) is 14.4. The molecule has 0 saturated heterocycles. The first-order chi connectivity index (χ1) is 11.4. The number of benzene rings is 1. The molecule has 134 valence electrons. The van der Waals surface area contributed by atoms with Crippen LogP contribution in [0.4, 0.5) is 9.18 Å². The van der Waals surface area contributed by atoms with E-state index < -0.39 is 5.60 Å². The Morgan fingerprint density at radius 3 is 2.54 bits per heavy atom. The number of aliphatic hydroxyl groups is 1. The van der Waals surface area contributed by atoms with Crippen molar-refractivity contribution in [2.75, 3.05) is 26.8 Å². The van der Waals surface area contributed by atoms with Crippen molar-refractivity contribution in [3.63, 3.8) is 0 Å². The lowest BCUT2D eigenvalue weighted by Crippen LogP contribution is -2.48. The van der Waals surface area contributed by atoms with Crippen LogP contribution in [0.25, 0.3) is 0 Å². The standard InChI is InChI=1S/C18H27FN2O3/c1-17(23,14-4-6-15(19)7-5-14)12-20-16(22)21-13-18(8-3-9-18)10-11-24-2/h4-7,23H,3,8-13H2,1-2H3,(H2,20,21,22). The number of urea groups is 1. The van der Waals surface area contributed by atoms with E-state index in [0.29, 0.717) is 18.7 Å². The maximum Gasteiger partial charge on any atom is 0.314 e. The second-order valence-corrected chi connectivity index (χ2v) is 6.91. The molecule has 1 aliphatic carbocycles. The molecule has 1 aliphatic rings. The summed E-state index contributed by atoms with van der Waals surface area (Å²) < 4.78 is 18.1. The molecule has 1 fully saturated rings. The van der Waals surface area contributed by atoms with Crippen molar-refractivity contribution in [1.29, 1.82) is 0 Å². The van der Waals surface area contributed by atoms with Gasteiger partial charge in [0.25, 0.3) is 0 Å². The molecule has 0 aromatic heterocycles. The lowest BCUT2D eigenvalue weighted by Gasteiger charge is -2.42. The third kappa shape index (κ3) is 4.92. The summed E-state index contributed by atoms with van der Waals surface area (Å²) in [6.45, 7) is 2.95. The highest BCUT2D eigenvalue weighted by atomic mass is 19.1. The van der Waals surface area contributed by atoms with E-state index in [1.807, 2.05) is 0 Å². The van der Waals surface area contributed by atoms with Crippen LogP contribution >= 0.6 is 0 Å². The van der Waals surface area contributed by atoms with Gasteiger partial charge < -0.3 is 20.5 Å². The Morgan fingerprint density at radius 2 is 2.00 bits per heavy atom. The van der Waals surface area contributed by atoms with E-state index in [-0.39, 0.29) is 23.8 Å². The number of hydrogen-bond donors (Lipinski definition) is 3. The first-order valence-corrected chi connectivity index (χ1v) is 8.36. The van der Waals surface area contributed by atoms with Crippen LogP contribution in [0, 0.1) is 11.2 Å². The van der Waals surface area contributed by atoms with E-state index in [0.717, 1.165) is 19.3 Å². The van der Waals surface area contributed by atoms with Gasteiger partial charge in [0.2, 0.25) is 0 Å². The van der Waals surface area contributed by atoms with Gasteiger partial charge in [0, 0.05) is 20.3 Å². The molecule has 0 radical (unpaired) electrons. The molecule has 3 N–H and O–H groups in total. The van der Waals surface area contributed by atoms with Crippen LogP contribution in [-0.4, -0.2) is 37.9 Å². The molecule has 2 amide bonds. The summed E-state index contributed by atoms with van der Waals surface area (Å²) in [6.07, 6.45) is 4.33. The highest BCUT2D eigenvalue weighted by Gasteiger charge is 2.36. The monoisotopic (exact) mass is 338 g/mol. The van der Waals surface area contributed by atoms with E-state index in [2.05, 4.69) is 10.6 Å². The summed E-state index contributed by atoms with van der Waals surface area (Å²) in [5.41, 5.74) is -0.554. The second-order valence-electron chi connectivity index (χ2n) is 6.91. The normalized spacial score (nSPS) is 18.3. The van der Waals surface area contributed by atoms with Crippen LogP contribution < -0.4 is 10.6 Å². The smallest absolute Gasteiger partial charge is 0.314 e. The lowest BCUT2D eigenvalue weighted by molar-refractivity contribution is 0.0574. The number of amides is 2. The Hall–Kier alpha value is -1.66. The van der Waals surface area contributed by atoms with E-state index >= 15 is 0 Å². The predicted molar refractivity (Wildman–Crippen MR) is 90.1 cm³/mol. The zero-order valence-corrected chi connectivity index (χ0v) is 14.4. The van der Waals surface area contributed by atoms with Crippen LogP contribution in [0.3, 0.4) is 0 Å². The molecule has 2 rings (SSSR count). The van der Waals surface area contributed by atoms with Crippen molar-refractivity contribution < 1.29 is 19.0 Å². The molecule has 6 heteroatoms. The van der Waals surface area contributed by atoms with Gasteiger partial charge in [-0.15, -0.1) is 0 Å². The third-order valence-electron chi connectivity index (χ3n) is 4.93. The molecule has 1 saturated carbocycles. The van der Waals surface area contributed by atoms with Gasteiger partial charge in [0.05, 0.1) is 6.54 Å². The Bertz CT molecular complexity index is 542. The summed E-state index contributed by atoms with van der Waals surface area (Å²) in [5.74, 6) is -0.359. The number of rotatable bonds is 8. The fraction of sp³-hybridized carbons (Fsp3) is 0.611. The molecular formula is C18H27FN2O3.